The first kappa shape index (κ1) is 13.5. The topological polar surface area (TPSA) is 75.3 Å². The third kappa shape index (κ3) is 3.32. The molecule has 1 aliphatic heterocycles. The van der Waals surface area contributed by atoms with E-state index >= 15 is 0 Å². The molecule has 2 N–H and O–H groups in total. The molecule has 1 heterocycles. The molecular formula is C12H20N2O3S. The fraction of sp³-hybridized carbons (Fsp3) is 0.750. The molecule has 0 unspecified atom stereocenters. The van der Waals surface area contributed by atoms with Crippen molar-refractivity contribution < 1.29 is 13.2 Å². The molecule has 0 radical (unpaired) electrons. The molecule has 5 nitrogen and oxygen atoms in total. The Hall–Kier alpha value is -0.880. The SMILES string of the molecule is O=C1NCCCC[C@@H]1NS(=O)(=O)C1=CCCCC1. The largest absolute Gasteiger partial charge is 0.355 e. The van der Waals surface area contributed by atoms with Crippen LogP contribution in [0.2, 0.25) is 0 Å². The van der Waals surface area contributed by atoms with Gasteiger partial charge >= 0.3 is 0 Å². The standard InChI is InChI=1S/C12H20N2O3S/c15-12-11(8-4-5-9-13-12)14-18(16,17)10-6-2-1-3-7-10/h6,11,14H,1-5,7-9H2,(H,13,15)/t11-/m0/s1. The van der Waals surface area contributed by atoms with Gasteiger partial charge in [0, 0.05) is 6.54 Å². The Kier molecular flexibility index (Phi) is 4.40. The van der Waals surface area contributed by atoms with Crippen LogP contribution in [0.4, 0.5) is 0 Å². The molecule has 2 aliphatic rings. The van der Waals surface area contributed by atoms with Gasteiger partial charge in [-0.3, -0.25) is 4.79 Å². The van der Waals surface area contributed by atoms with Crippen molar-refractivity contribution in [1.29, 1.82) is 0 Å². The van der Waals surface area contributed by atoms with Crippen LogP contribution < -0.4 is 10.0 Å². The van der Waals surface area contributed by atoms with Crippen molar-refractivity contribution in [3.8, 4) is 0 Å². The van der Waals surface area contributed by atoms with Gasteiger partial charge in [0.1, 0.15) is 6.04 Å². The molecule has 102 valence electrons. The van der Waals surface area contributed by atoms with E-state index in [0.29, 0.717) is 24.3 Å². The summed E-state index contributed by atoms with van der Waals surface area (Å²) in [5, 5.41) is 2.73. The average Bonchev–Trinajstić information content (AvgIpc) is 2.56. The van der Waals surface area contributed by atoms with Gasteiger partial charge in [-0.25, -0.2) is 8.42 Å². The monoisotopic (exact) mass is 272 g/mol. The molecule has 1 saturated heterocycles. The predicted octanol–water partition coefficient (Wildman–Crippen LogP) is 1.03. The van der Waals surface area contributed by atoms with Crippen molar-refractivity contribution in [3.63, 3.8) is 0 Å². The lowest BCUT2D eigenvalue weighted by atomic mass is 10.1. The lowest BCUT2D eigenvalue weighted by molar-refractivity contribution is -0.122. The van der Waals surface area contributed by atoms with Gasteiger partial charge in [-0.1, -0.05) is 6.08 Å². The van der Waals surface area contributed by atoms with Gasteiger partial charge in [0.25, 0.3) is 0 Å². The predicted molar refractivity (Wildman–Crippen MR) is 69.3 cm³/mol. The van der Waals surface area contributed by atoms with E-state index in [4.69, 9.17) is 0 Å². The zero-order chi connectivity index (χ0) is 13.0. The normalized spacial score (nSPS) is 26.1. The van der Waals surface area contributed by atoms with Crippen LogP contribution in [-0.2, 0) is 14.8 Å². The highest BCUT2D eigenvalue weighted by molar-refractivity contribution is 7.93. The number of carbonyl (C=O) groups is 1. The highest BCUT2D eigenvalue weighted by Gasteiger charge is 2.28. The van der Waals surface area contributed by atoms with Crippen LogP contribution in [0.1, 0.15) is 44.9 Å². The number of nitrogens with one attached hydrogen (secondary N) is 2. The molecule has 0 saturated carbocycles. The van der Waals surface area contributed by atoms with E-state index < -0.39 is 16.1 Å². The lowest BCUT2D eigenvalue weighted by Crippen LogP contribution is -2.45. The highest BCUT2D eigenvalue weighted by atomic mass is 32.2. The van der Waals surface area contributed by atoms with E-state index in [1.807, 2.05) is 0 Å². The lowest BCUT2D eigenvalue weighted by Gasteiger charge is -2.18. The Balaban J connectivity index is 2.06. The van der Waals surface area contributed by atoms with Gasteiger partial charge in [-0.15, -0.1) is 0 Å². The van der Waals surface area contributed by atoms with Gasteiger partial charge in [-0.2, -0.15) is 4.72 Å². The summed E-state index contributed by atoms with van der Waals surface area (Å²) >= 11 is 0. The summed E-state index contributed by atoms with van der Waals surface area (Å²) in [5.74, 6) is -0.201. The van der Waals surface area contributed by atoms with E-state index in [9.17, 15) is 13.2 Å². The van der Waals surface area contributed by atoms with E-state index in [1.165, 1.54) is 0 Å². The van der Waals surface area contributed by atoms with Crippen LogP contribution in [-0.4, -0.2) is 26.9 Å². The summed E-state index contributed by atoms with van der Waals surface area (Å²) in [5.41, 5.74) is 0. The van der Waals surface area contributed by atoms with Crippen LogP contribution in [0.3, 0.4) is 0 Å². The minimum Gasteiger partial charge on any atom is -0.355 e. The fourth-order valence-electron chi connectivity index (χ4n) is 2.37. The molecule has 0 spiro atoms. The Morgan fingerprint density at radius 2 is 2.06 bits per heavy atom. The van der Waals surface area contributed by atoms with Crippen molar-refractivity contribution in [3.05, 3.63) is 11.0 Å². The van der Waals surface area contributed by atoms with E-state index in [1.54, 1.807) is 6.08 Å². The zero-order valence-electron chi connectivity index (χ0n) is 10.4. The van der Waals surface area contributed by atoms with Crippen molar-refractivity contribution in [2.24, 2.45) is 0 Å². The maximum absolute atomic E-state index is 12.2. The van der Waals surface area contributed by atoms with Crippen molar-refractivity contribution in [1.82, 2.24) is 10.0 Å². The first-order valence-corrected chi connectivity index (χ1v) is 8.07. The summed E-state index contributed by atoms with van der Waals surface area (Å²) in [6.45, 7) is 0.639. The van der Waals surface area contributed by atoms with Gasteiger partial charge in [0.05, 0.1) is 4.91 Å². The molecule has 0 bridgehead atoms. The maximum atomic E-state index is 12.2. The molecular weight excluding hydrogens is 252 g/mol. The Morgan fingerprint density at radius 1 is 1.22 bits per heavy atom. The molecule has 1 atom stereocenters. The third-order valence-electron chi connectivity index (χ3n) is 3.43. The maximum Gasteiger partial charge on any atom is 0.238 e. The summed E-state index contributed by atoms with van der Waals surface area (Å²) in [6.07, 6.45) is 7.49. The Morgan fingerprint density at radius 3 is 2.78 bits per heavy atom. The van der Waals surface area contributed by atoms with Gasteiger partial charge < -0.3 is 5.32 Å². The minimum atomic E-state index is -3.48. The second-order valence-corrected chi connectivity index (χ2v) is 6.64. The molecule has 1 fully saturated rings. The molecule has 0 aromatic heterocycles. The summed E-state index contributed by atoms with van der Waals surface area (Å²) in [6, 6.07) is -0.611. The minimum absolute atomic E-state index is 0.201. The van der Waals surface area contributed by atoms with Crippen LogP contribution in [0.5, 0.6) is 0 Å². The Labute approximate surface area is 108 Å². The summed E-state index contributed by atoms with van der Waals surface area (Å²) in [7, 11) is -3.48. The van der Waals surface area contributed by atoms with Crippen LogP contribution in [0.15, 0.2) is 11.0 Å². The van der Waals surface area contributed by atoms with Crippen LogP contribution in [0.25, 0.3) is 0 Å². The summed E-state index contributed by atoms with van der Waals surface area (Å²) < 4.78 is 26.9. The molecule has 6 heteroatoms. The average molecular weight is 272 g/mol. The molecule has 18 heavy (non-hydrogen) atoms. The van der Waals surface area contributed by atoms with Crippen molar-refractivity contribution in [2.45, 2.75) is 51.0 Å². The van der Waals surface area contributed by atoms with Crippen molar-refractivity contribution in [2.75, 3.05) is 6.54 Å². The molecule has 1 aliphatic carbocycles. The smallest absolute Gasteiger partial charge is 0.238 e. The molecule has 2 rings (SSSR count). The zero-order valence-corrected chi connectivity index (χ0v) is 11.3. The number of sulfonamides is 1. The number of rotatable bonds is 3. The summed E-state index contributed by atoms with van der Waals surface area (Å²) in [4.78, 5) is 12.2. The van der Waals surface area contributed by atoms with E-state index in [-0.39, 0.29) is 5.91 Å². The van der Waals surface area contributed by atoms with E-state index in [0.717, 1.165) is 32.1 Å². The highest BCUT2D eigenvalue weighted by Crippen LogP contribution is 2.22. The second kappa shape index (κ2) is 5.84. The number of hydrogen-bond acceptors (Lipinski definition) is 3. The van der Waals surface area contributed by atoms with Gasteiger partial charge in [-0.05, 0) is 44.9 Å². The number of carbonyl (C=O) groups excluding carboxylic acids is 1. The van der Waals surface area contributed by atoms with Crippen LogP contribution in [0, 0.1) is 0 Å². The molecule has 0 aromatic carbocycles. The molecule has 0 aromatic rings. The third-order valence-corrected chi connectivity index (χ3v) is 5.08. The number of amides is 1. The first-order chi connectivity index (χ1) is 8.59. The first-order valence-electron chi connectivity index (χ1n) is 6.59. The van der Waals surface area contributed by atoms with E-state index in [2.05, 4.69) is 10.0 Å². The Bertz CT molecular complexity index is 442. The quantitative estimate of drug-likeness (QED) is 0.806. The van der Waals surface area contributed by atoms with Crippen molar-refractivity contribution >= 4 is 15.9 Å². The molecule has 1 amide bonds. The van der Waals surface area contributed by atoms with Crippen LogP contribution >= 0.6 is 0 Å². The van der Waals surface area contributed by atoms with Gasteiger partial charge in [0.15, 0.2) is 0 Å². The number of hydrogen-bond donors (Lipinski definition) is 2. The van der Waals surface area contributed by atoms with Gasteiger partial charge in [0.2, 0.25) is 15.9 Å². The fourth-order valence-corrected chi connectivity index (χ4v) is 3.87. The second-order valence-electron chi connectivity index (χ2n) is 4.88. The number of allylic oxidation sites excluding steroid dienone is 2.